The van der Waals surface area contributed by atoms with Gasteiger partial charge in [-0.25, -0.2) is 9.97 Å². The zero-order valence-electron chi connectivity index (χ0n) is 10.2. The molecule has 3 N–H and O–H groups in total. The summed E-state index contributed by atoms with van der Waals surface area (Å²) in [5.74, 6) is 1.13. The lowest BCUT2D eigenvalue weighted by atomic mass is 10.2. The standard InChI is InChI=1S/C11H16N6/c1-7-9(8(2)17(3)16-7)4-14-11-6-13-10(12)5-15-11/h5-6H,4H2,1-3H3,(H2,12,13)(H,14,15). The average molecular weight is 232 g/mol. The number of hydrogen-bond donors (Lipinski definition) is 2. The number of nitrogens with zero attached hydrogens (tertiary/aromatic N) is 4. The number of aromatic nitrogens is 4. The molecule has 2 rings (SSSR count). The Hall–Kier alpha value is -2.11. The molecule has 2 aromatic heterocycles. The van der Waals surface area contributed by atoms with E-state index in [2.05, 4.69) is 20.4 Å². The van der Waals surface area contributed by atoms with Crippen molar-refractivity contribution < 1.29 is 0 Å². The van der Waals surface area contributed by atoms with Crippen LogP contribution in [0.4, 0.5) is 11.6 Å². The normalized spacial score (nSPS) is 10.5. The summed E-state index contributed by atoms with van der Waals surface area (Å²) in [6, 6.07) is 0. The molecule has 2 aromatic rings. The van der Waals surface area contributed by atoms with Crippen molar-refractivity contribution in [1.29, 1.82) is 0 Å². The number of nitrogen functional groups attached to an aromatic ring is 1. The molecule has 0 bridgehead atoms. The van der Waals surface area contributed by atoms with Crippen LogP contribution in [0.2, 0.25) is 0 Å². The first-order valence-electron chi connectivity index (χ1n) is 5.38. The second-order valence-electron chi connectivity index (χ2n) is 3.95. The molecule has 0 amide bonds. The minimum Gasteiger partial charge on any atom is -0.382 e. The molecule has 6 heteroatoms. The van der Waals surface area contributed by atoms with Crippen molar-refractivity contribution in [3.8, 4) is 0 Å². The summed E-state index contributed by atoms with van der Waals surface area (Å²) >= 11 is 0. The van der Waals surface area contributed by atoms with Crippen molar-refractivity contribution in [2.45, 2.75) is 20.4 Å². The first-order valence-corrected chi connectivity index (χ1v) is 5.38. The lowest BCUT2D eigenvalue weighted by molar-refractivity contribution is 0.730. The number of hydrogen-bond acceptors (Lipinski definition) is 5. The summed E-state index contributed by atoms with van der Waals surface area (Å²) < 4.78 is 1.88. The summed E-state index contributed by atoms with van der Waals surface area (Å²) in [5.41, 5.74) is 8.84. The maximum Gasteiger partial charge on any atom is 0.144 e. The average Bonchev–Trinajstić information content (AvgIpc) is 2.54. The van der Waals surface area contributed by atoms with E-state index in [4.69, 9.17) is 5.73 Å². The number of nitrogens with two attached hydrogens (primary N) is 1. The van der Waals surface area contributed by atoms with Crippen LogP contribution in [0.5, 0.6) is 0 Å². The number of anilines is 2. The summed E-state index contributed by atoms with van der Waals surface area (Å²) in [6.07, 6.45) is 3.15. The van der Waals surface area contributed by atoms with Gasteiger partial charge in [0.2, 0.25) is 0 Å². The molecule has 0 radical (unpaired) electrons. The van der Waals surface area contributed by atoms with Crippen molar-refractivity contribution in [2.75, 3.05) is 11.1 Å². The Kier molecular flexibility index (Phi) is 2.95. The Balaban J connectivity index is 2.09. The Labute approximate surface area is 99.9 Å². The Morgan fingerprint density at radius 2 is 2.06 bits per heavy atom. The van der Waals surface area contributed by atoms with Crippen molar-refractivity contribution >= 4 is 11.6 Å². The molecule has 90 valence electrons. The maximum absolute atomic E-state index is 5.47. The van der Waals surface area contributed by atoms with E-state index in [9.17, 15) is 0 Å². The Morgan fingerprint density at radius 3 is 2.59 bits per heavy atom. The molecule has 6 nitrogen and oxygen atoms in total. The van der Waals surface area contributed by atoms with Gasteiger partial charge in [0, 0.05) is 24.8 Å². The van der Waals surface area contributed by atoms with Gasteiger partial charge in [-0.05, 0) is 13.8 Å². The highest BCUT2D eigenvalue weighted by molar-refractivity contribution is 5.38. The molecular weight excluding hydrogens is 216 g/mol. The van der Waals surface area contributed by atoms with E-state index < -0.39 is 0 Å². The highest BCUT2D eigenvalue weighted by atomic mass is 15.3. The van der Waals surface area contributed by atoms with Gasteiger partial charge in [-0.15, -0.1) is 0 Å². The Morgan fingerprint density at radius 1 is 1.29 bits per heavy atom. The van der Waals surface area contributed by atoms with Gasteiger partial charge in [0.1, 0.15) is 11.6 Å². The van der Waals surface area contributed by atoms with Crippen molar-refractivity contribution in [3.05, 3.63) is 29.3 Å². The van der Waals surface area contributed by atoms with E-state index in [-0.39, 0.29) is 0 Å². The highest BCUT2D eigenvalue weighted by Crippen LogP contribution is 2.13. The molecule has 0 fully saturated rings. The van der Waals surface area contributed by atoms with Crippen molar-refractivity contribution in [3.63, 3.8) is 0 Å². The predicted octanol–water partition coefficient (Wildman–Crippen LogP) is 1.02. The van der Waals surface area contributed by atoms with Crippen LogP contribution >= 0.6 is 0 Å². The van der Waals surface area contributed by atoms with Crippen LogP contribution in [0.1, 0.15) is 17.0 Å². The fraction of sp³-hybridized carbons (Fsp3) is 0.364. The fourth-order valence-corrected chi connectivity index (χ4v) is 1.68. The molecule has 0 unspecified atom stereocenters. The predicted molar refractivity (Wildman–Crippen MR) is 66.5 cm³/mol. The number of nitrogens with one attached hydrogen (secondary N) is 1. The zero-order chi connectivity index (χ0) is 12.4. The van der Waals surface area contributed by atoms with Crippen LogP contribution in [0, 0.1) is 13.8 Å². The van der Waals surface area contributed by atoms with E-state index in [1.807, 2.05) is 25.6 Å². The first-order chi connectivity index (χ1) is 8.08. The lowest BCUT2D eigenvalue weighted by Crippen LogP contribution is -2.04. The Bertz CT molecular complexity index is 514. The second kappa shape index (κ2) is 4.40. The van der Waals surface area contributed by atoms with Crippen LogP contribution in [-0.2, 0) is 13.6 Å². The van der Waals surface area contributed by atoms with Crippen LogP contribution in [-0.4, -0.2) is 19.7 Å². The second-order valence-corrected chi connectivity index (χ2v) is 3.95. The van der Waals surface area contributed by atoms with E-state index in [0.717, 1.165) is 11.4 Å². The van der Waals surface area contributed by atoms with E-state index in [0.29, 0.717) is 18.2 Å². The van der Waals surface area contributed by atoms with Gasteiger partial charge in [0.15, 0.2) is 0 Å². The van der Waals surface area contributed by atoms with E-state index in [1.54, 1.807) is 6.20 Å². The molecule has 0 spiro atoms. The van der Waals surface area contributed by atoms with Gasteiger partial charge in [0.25, 0.3) is 0 Å². The third-order valence-electron chi connectivity index (χ3n) is 2.78. The SMILES string of the molecule is Cc1nn(C)c(C)c1CNc1cnc(N)cn1. The molecule has 0 aliphatic rings. The molecule has 0 aliphatic heterocycles. The topological polar surface area (TPSA) is 81.7 Å². The molecule has 2 heterocycles. The van der Waals surface area contributed by atoms with Gasteiger partial charge in [-0.1, -0.05) is 0 Å². The summed E-state index contributed by atoms with van der Waals surface area (Å²) in [4.78, 5) is 8.11. The van der Waals surface area contributed by atoms with Gasteiger partial charge in [-0.2, -0.15) is 5.10 Å². The number of aryl methyl sites for hydroxylation is 2. The monoisotopic (exact) mass is 232 g/mol. The fourth-order valence-electron chi connectivity index (χ4n) is 1.68. The van der Waals surface area contributed by atoms with Crippen LogP contribution in [0.15, 0.2) is 12.4 Å². The van der Waals surface area contributed by atoms with E-state index in [1.165, 1.54) is 11.8 Å². The van der Waals surface area contributed by atoms with Gasteiger partial charge in [-0.3, -0.25) is 4.68 Å². The third-order valence-corrected chi connectivity index (χ3v) is 2.78. The van der Waals surface area contributed by atoms with E-state index >= 15 is 0 Å². The molecule has 0 aromatic carbocycles. The summed E-state index contributed by atoms with van der Waals surface area (Å²) in [6.45, 7) is 4.73. The smallest absolute Gasteiger partial charge is 0.144 e. The molecule has 0 atom stereocenters. The first kappa shape index (κ1) is 11.4. The van der Waals surface area contributed by atoms with Crippen LogP contribution < -0.4 is 11.1 Å². The quantitative estimate of drug-likeness (QED) is 0.825. The third kappa shape index (κ3) is 2.35. The summed E-state index contributed by atoms with van der Waals surface area (Å²) in [5, 5.41) is 7.56. The molecule has 0 saturated heterocycles. The molecule has 0 saturated carbocycles. The number of rotatable bonds is 3. The lowest BCUT2D eigenvalue weighted by Gasteiger charge is -2.05. The van der Waals surface area contributed by atoms with Crippen molar-refractivity contribution in [1.82, 2.24) is 19.7 Å². The van der Waals surface area contributed by atoms with Gasteiger partial charge < -0.3 is 11.1 Å². The zero-order valence-corrected chi connectivity index (χ0v) is 10.2. The maximum atomic E-state index is 5.47. The molecular formula is C11H16N6. The van der Waals surface area contributed by atoms with Gasteiger partial charge in [0.05, 0.1) is 18.1 Å². The minimum absolute atomic E-state index is 0.421. The highest BCUT2D eigenvalue weighted by Gasteiger charge is 2.08. The molecule has 0 aliphatic carbocycles. The van der Waals surface area contributed by atoms with Gasteiger partial charge >= 0.3 is 0 Å². The van der Waals surface area contributed by atoms with Crippen LogP contribution in [0.25, 0.3) is 0 Å². The summed E-state index contributed by atoms with van der Waals surface area (Å²) in [7, 11) is 1.94. The van der Waals surface area contributed by atoms with Crippen LogP contribution in [0.3, 0.4) is 0 Å². The largest absolute Gasteiger partial charge is 0.382 e. The minimum atomic E-state index is 0.421. The molecule has 17 heavy (non-hydrogen) atoms. The van der Waals surface area contributed by atoms with Crippen molar-refractivity contribution in [2.24, 2.45) is 7.05 Å².